The largest absolute Gasteiger partial charge is 0.359 e. The van der Waals surface area contributed by atoms with Gasteiger partial charge in [-0.05, 0) is 32.4 Å². The molecule has 1 amide bonds. The summed E-state index contributed by atoms with van der Waals surface area (Å²) >= 11 is 0. The number of carbonyl (C=O) groups excluding carboxylic acids is 1. The molecule has 1 aliphatic heterocycles. The third-order valence-corrected chi connectivity index (χ3v) is 3.41. The molecule has 0 bridgehead atoms. The summed E-state index contributed by atoms with van der Waals surface area (Å²) in [6.45, 7) is 4.91. The summed E-state index contributed by atoms with van der Waals surface area (Å²) < 4.78 is 0. The monoisotopic (exact) mass is 213 g/mol. The molecule has 0 aromatic rings. The summed E-state index contributed by atoms with van der Waals surface area (Å²) in [5, 5.41) is 2.72. The summed E-state index contributed by atoms with van der Waals surface area (Å²) in [7, 11) is 1.71. The Morgan fingerprint density at radius 3 is 2.53 bits per heavy atom. The number of amides is 1. The molecule has 1 aliphatic rings. The lowest BCUT2D eigenvalue weighted by Crippen LogP contribution is -2.46. The molecule has 1 fully saturated rings. The van der Waals surface area contributed by atoms with Gasteiger partial charge in [-0.3, -0.25) is 9.69 Å². The molecule has 1 saturated heterocycles. The van der Waals surface area contributed by atoms with Crippen molar-refractivity contribution in [1.29, 1.82) is 0 Å². The van der Waals surface area contributed by atoms with Crippen LogP contribution in [0.25, 0.3) is 0 Å². The predicted molar refractivity (Wildman–Crippen MR) is 61.5 cm³/mol. The van der Waals surface area contributed by atoms with Gasteiger partial charge in [-0.15, -0.1) is 0 Å². The highest BCUT2D eigenvalue weighted by Crippen LogP contribution is 2.19. The maximum atomic E-state index is 11.4. The molecule has 3 N–H and O–H groups in total. The van der Waals surface area contributed by atoms with Gasteiger partial charge in [-0.2, -0.15) is 0 Å². The van der Waals surface area contributed by atoms with Gasteiger partial charge in [0.15, 0.2) is 0 Å². The number of nitrogens with one attached hydrogen (secondary N) is 1. The van der Waals surface area contributed by atoms with E-state index in [-0.39, 0.29) is 11.8 Å². The van der Waals surface area contributed by atoms with Crippen LogP contribution in [0.3, 0.4) is 0 Å². The van der Waals surface area contributed by atoms with Gasteiger partial charge < -0.3 is 11.1 Å². The Kier molecular flexibility index (Phi) is 5.05. The first-order valence-corrected chi connectivity index (χ1v) is 5.88. The van der Waals surface area contributed by atoms with Crippen LogP contribution >= 0.6 is 0 Å². The molecule has 0 aliphatic carbocycles. The van der Waals surface area contributed by atoms with Gasteiger partial charge >= 0.3 is 0 Å². The smallest absolute Gasteiger partial charge is 0.222 e. The van der Waals surface area contributed by atoms with E-state index in [9.17, 15) is 4.79 Å². The van der Waals surface area contributed by atoms with Gasteiger partial charge in [-0.25, -0.2) is 0 Å². The van der Waals surface area contributed by atoms with Crippen molar-refractivity contribution >= 4 is 5.91 Å². The van der Waals surface area contributed by atoms with Crippen LogP contribution in [0.4, 0.5) is 0 Å². The molecule has 1 unspecified atom stereocenters. The Hall–Kier alpha value is -0.610. The number of carbonyl (C=O) groups is 1. The molecule has 88 valence electrons. The normalized spacial score (nSPS) is 21.3. The van der Waals surface area contributed by atoms with E-state index in [1.165, 1.54) is 0 Å². The zero-order valence-corrected chi connectivity index (χ0v) is 9.83. The predicted octanol–water partition coefficient (Wildman–Crippen LogP) is 0.182. The van der Waals surface area contributed by atoms with Crippen molar-refractivity contribution in [2.75, 3.05) is 26.7 Å². The molecule has 1 rings (SSSR count). The van der Waals surface area contributed by atoms with E-state index in [1.54, 1.807) is 7.05 Å². The molecule has 0 saturated carbocycles. The molecule has 1 heterocycles. The molecule has 15 heavy (non-hydrogen) atoms. The number of nitrogens with zero attached hydrogens (tertiary/aromatic N) is 1. The number of hydrogen-bond donors (Lipinski definition) is 2. The van der Waals surface area contributed by atoms with Gasteiger partial charge in [0.05, 0.1) is 0 Å². The van der Waals surface area contributed by atoms with Crippen molar-refractivity contribution in [3.05, 3.63) is 0 Å². The molecule has 0 aromatic heterocycles. The third kappa shape index (κ3) is 3.18. The third-order valence-electron chi connectivity index (χ3n) is 3.41. The summed E-state index contributed by atoms with van der Waals surface area (Å²) in [5.41, 5.74) is 5.71. The van der Waals surface area contributed by atoms with E-state index in [4.69, 9.17) is 5.73 Å². The van der Waals surface area contributed by atoms with Crippen molar-refractivity contribution in [3.8, 4) is 0 Å². The number of nitrogens with two attached hydrogens (primary N) is 1. The van der Waals surface area contributed by atoms with Crippen molar-refractivity contribution in [1.82, 2.24) is 10.2 Å². The van der Waals surface area contributed by atoms with Crippen LogP contribution in [0.2, 0.25) is 0 Å². The number of likely N-dealkylation sites (tertiary alicyclic amines) is 1. The highest BCUT2D eigenvalue weighted by Gasteiger charge is 2.26. The van der Waals surface area contributed by atoms with Crippen LogP contribution in [-0.4, -0.2) is 43.5 Å². The van der Waals surface area contributed by atoms with Gasteiger partial charge in [-0.1, -0.05) is 6.92 Å². The zero-order chi connectivity index (χ0) is 11.3. The quantitative estimate of drug-likeness (QED) is 0.700. The lowest BCUT2D eigenvalue weighted by Gasteiger charge is -2.36. The van der Waals surface area contributed by atoms with E-state index in [0.717, 1.165) is 38.9 Å². The molecule has 0 spiro atoms. The van der Waals surface area contributed by atoms with Crippen LogP contribution in [0.1, 0.15) is 26.2 Å². The topological polar surface area (TPSA) is 58.4 Å². The minimum absolute atomic E-state index is 0.190. The second-order valence-electron chi connectivity index (χ2n) is 4.22. The zero-order valence-electron chi connectivity index (χ0n) is 9.83. The van der Waals surface area contributed by atoms with E-state index < -0.39 is 0 Å². The molecule has 0 radical (unpaired) electrons. The SMILES string of the molecule is CCC(CN)N1CCC(C(=O)NC)CC1. The molecular weight excluding hydrogens is 190 g/mol. The summed E-state index contributed by atoms with van der Waals surface area (Å²) in [5.74, 6) is 0.400. The fourth-order valence-corrected chi connectivity index (χ4v) is 2.30. The van der Waals surface area contributed by atoms with E-state index in [2.05, 4.69) is 17.1 Å². The standard InChI is InChI=1S/C11H23N3O/c1-3-10(8-12)14-6-4-9(5-7-14)11(15)13-2/h9-10H,3-8,12H2,1-2H3,(H,13,15). The van der Waals surface area contributed by atoms with Crippen molar-refractivity contribution < 1.29 is 4.79 Å². The average molecular weight is 213 g/mol. The Morgan fingerprint density at radius 1 is 1.53 bits per heavy atom. The van der Waals surface area contributed by atoms with E-state index >= 15 is 0 Å². The number of hydrogen-bond acceptors (Lipinski definition) is 3. The van der Waals surface area contributed by atoms with Crippen LogP contribution < -0.4 is 11.1 Å². The molecule has 0 aromatic carbocycles. The fourth-order valence-electron chi connectivity index (χ4n) is 2.30. The average Bonchev–Trinajstić information content (AvgIpc) is 2.30. The summed E-state index contributed by atoms with van der Waals surface area (Å²) in [4.78, 5) is 13.8. The van der Waals surface area contributed by atoms with Gasteiger partial charge in [0, 0.05) is 25.6 Å². The first-order chi connectivity index (χ1) is 7.22. The van der Waals surface area contributed by atoms with Crippen molar-refractivity contribution in [2.24, 2.45) is 11.7 Å². The van der Waals surface area contributed by atoms with E-state index in [0.29, 0.717) is 6.04 Å². The van der Waals surface area contributed by atoms with E-state index in [1.807, 2.05) is 0 Å². The maximum Gasteiger partial charge on any atom is 0.222 e. The van der Waals surface area contributed by atoms with Crippen LogP contribution in [0.5, 0.6) is 0 Å². The second-order valence-corrected chi connectivity index (χ2v) is 4.22. The van der Waals surface area contributed by atoms with Gasteiger partial charge in [0.2, 0.25) is 5.91 Å². The number of piperidine rings is 1. The summed E-state index contributed by atoms with van der Waals surface area (Å²) in [6.07, 6.45) is 3.04. The maximum absolute atomic E-state index is 11.4. The van der Waals surface area contributed by atoms with Gasteiger partial charge in [0.25, 0.3) is 0 Å². The first-order valence-electron chi connectivity index (χ1n) is 5.88. The van der Waals surface area contributed by atoms with Gasteiger partial charge in [0.1, 0.15) is 0 Å². The highest BCUT2D eigenvalue weighted by molar-refractivity contribution is 5.78. The highest BCUT2D eigenvalue weighted by atomic mass is 16.1. The minimum Gasteiger partial charge on any atom is -0.359 e. The first kappa shape index (κ1) is 12.5. The number of rotatable bonds is 4. The van der Waals surface area contributed by atoms with Crippen LogP contribution in [0.15, 0.2) is 0 Å². The molecule has 4 heteroatoms. The molecular formula is C11H23N3O. The minimum atomic E-state index is 0.190. The Morgan fingerprint density at radius 2 is 2.13 bits per heavy atom. The fraction of sp³-hybridized carbons (Fsp3) is 0.909. The van der Waals surface area contributed by atoms with Crippen molar-refractivity contribution in [3.63, 3.8) is 0 Å². The molecule has 4 nitrogen and oxygen atoms in total. The Labute approximate surface area is 92.2 Å². The second kappa shape index (κ2) is 6.08. The van der Waals surface area contributed by atoms with Crippen LogP contribution in [-0.2, 0) is 4.79 Å². The van der Waals surface area contributed by atoms with Crippen molar-refractivity contribution in [2.45, 2.75) is 32.2 Å². The lowest BCUT2D eigenvalue weighted by atomic mass is 9.94. The Bertz CT molecular complexity index is 196. The lowest BCUT2D eigenvalue weighted by molar-refractivity contribution is -0.126. The Balaban J connectivity index is 2.38. The summed E-state index contributed by atoms with van der Waals surface area (Å²) in [6, 6.07) is 0.496. The van der Waals surface area contributed by atoms with Crippen LogP contribution in [0, 0.1) is 5.92 Å². The molecule has 1 atom stereocenters.